The lowest BCUT2D eigenvalue weighted by molar-refractivity contribution is -0.137. The summed E-state index contributed by atoms with van der Waals surface area (Å²) in [5.74, 6) is -0.358. The molecule has 6 rings (SSSR count). The number of sulfonamides is 1. The largest absolute Gasteiger partial charge is 0.416 e. The van der Waals surface area contributed by atoms with Crippen molar-refractivity contribution in [2.24, 2.45) is 5.41 Å². The minimum Gasteiger partial charge on any atom is -0.291 e. The summed E-state index contributed by atoms with van der Waals surface area (Å²) in [6, 6.07) is 12.2. The molecule has 4 heterocycles. The van der Waals surface area contributed by atoms with Gasteiger partial charge in [-0.25, -0.2) is 13.1 Å². The highest BCUT2D eigenvalue weighted by atomic mass is 32.2. The smallest absolute Gasteiger partial charge is 0.291 e. The summed E-state index contributed by atoms with van der Waals surface area (Å²) in [6.07, 6.45) is 3.96. The van der Waals surface area contributed by atoms with Crippen molar-refractivity contribution in [3.05, 3.63) is 107 Å². The predicted molar refractivity (Wildman–Crippen MR) is 139 cm³/mol. The number of rotatable bonds is 5. The Morgan fingerprint density at radius 2 is 1.85 bits per heavy atom. The van der Waals surface area contributed by atoms with E-state index in [0.29, 0.717) is 6.07 Å². The second-order valence-electron chi connectivity index (χ2n) is 9.76. The molecule has 8 nitrogen and oxygen atoms in total. The zero-order valence-corrected chi connectivity index (χ0v) is 21.7. The Balaban J connectivity index is 1.44. The lowest BCUT2D eigenvalue weighted by Gasteiger charge is -2.44. The maximum Gasteiger partial charge on any atom is 0.416 e. The summed E-state index contributed by atoms with van der Waals surface area (Å²) < 4.78 is 70.2. The first-order chi connectivity index (χ1) is 19.1. The molecule has 3 aromatic heterocycles. The van der Waals surface area contributed by atoms with E-state index in [1.165, 1.54) is 6.20 Å². The van der Waals surface area contributed by atoms with E-state index in [0.717, 1.165) is 45.0 Å². The van der Waals surface area contributed by atoms with Gasteiger partial charge in [-0.15, -0.1) is 0 Å². The van der Waals surface area contributed by atoms with Crippen LogP contribution < -0.4 is 0 Å². The molecule has 4 aromatic rings. The van der Waals surface area contributed by atoms with Gasteiger partial charge in [0.05, 0.1) is 39.6 Å². The fourth-order valence-corrected chi connectivity index (χ4v) is 6.98. The molecule has 0 N–H and O–H groups in total. The number of pyridine rings is 2. The van der Waals surface area contributed by atoms with E-state index in [1.807, 2.05) is 12.1 Å². The predicted octanol–water partition coefficient (Wildman–Crippen LogP) is 4.58. The lowest BCUT2D eigenvalue weighted by Crippen LogP contribution is -2.53. The van der Waals surface area contributed by atoms with Gasteiger partial charge in [0.15, 0.2) is 5.78 Å². The first-order valence-corrected chi connectivity index (χ1v) is 13.9. The van der Waals surface area contributed by atoms with Crippen molar-refractivity contribution in [2.45, 2.75) is 23.9 Å². The quantitative estimate of drug-likeness (QED) is 0.329. The number of nitrogens with zero attached hydrogens (tertiary/aromatic N) is 5. The first-order valence-electron chi connectivity index (χ1n) is 12.4. The SMILES string of the molecule is O=C(c1ccccn1)C12Cc3cnn(-c4cccnc4)c3C=C1CCN(S(=O)(=O)c1cccc(C(F)(F)F)c1)C2. The molecule has 0 saturated carbocycles. The lowest BCUT2D eigenvalue weighted by atomic mass is 9.65. The van der Waals surface area contributed by atoms with Gasteiger partial charge in [-0.05, 0) is 66.9 Å². The van der Waals surface area contributed by atoms with Crippen LogP contribution in [0.15, 0.2) is 89.9 Å². The van der Waals surface area contributed by atoms with Crippen LogP contribution in [0.1, 0.15) is 33.7 Å². The number of fused-ring (bicyclic) bond motifs is 2. The van der Waals surface area contributed by atoms with E-state index < -0.39 is 32.1 Å². The maximum absolute atomic E-state index is 14.1. The number of hydrogen-bond donors (Lipinski definition) is 0. The third-order valence-corrected chi connectivity index (χ3v) is 9.24. The Morgan fingerprint density at radius 1 is 1.00 bits per heavy atom. The van der Waals surface area contributed by atoms with E-state index in [-0.39, 0.29) is 37.4 Å². The number of carbonyl (C=O) groups excluding carboxylic acids is 1. The summed E-state index contributed by atoms with van der Waals surface area (Å²) in [7, 11) is -4.36. The number of halogens is 3. The molecule has 1 atom stereocenters. The van der Waals surface area contributed by atoms with Crippen molar-refractivity contribution in [1.82, 2.24) is 24.1 Å². The molecular weight excluding hydrogens is 543 g/mol. The van der Waals surface area contributed by atoms with Gasteiger partial charge in [0.2, 0.25) is 10.0 Å². The van der Waals surface area contributed by atoms with Crippen LogP contribution in [0.25, 0.3) is 11.8 Å². The van der Waals surface area contributed by atoms with Crippen LogP contribution in [0.2, 0.25) is 0 Å². The molecule has 2 aliphatic rings. The molecule has 1 saturated heterocycles. The molecule has 1 unspecified atom stereocenters. The van der Waals surface area contributed by atoms with Crippen LogP contribution in [0.3, 0.4) is 0 Å². The van der Waals surface area contributed by atoms with E-state index in [9.17, 15) is 26.4 Å². The van der Waals surface area contributed by atoms with Crippen LogP contribution in [0.5, 0.6) is 0 Å². The molecule has 1 aliphatic heterocycles. The molecule has 204 valence electrons. The number of Topliss-reactive ketones (excluding diaryl/α,β-unsaturated/α-hetero) is 1. The monoisotopic (exact) mass is 565 g/mol. The number of piperidine rings is 1. The Hall–Kier alpha value is -4.16. The highest BCUT2D eigenvalue weighted by Gasteiger charge is 2.51. The maximum atomic E-state index is 14.1. The molecule has 0 amide bonds. The number of aromatic nitrogens is 4. The van der Waals surface area contributed by atoms with Crippen LogP contribution in [-0.4, -0.2) is 51.3 Å². The van der Waals surface area contributed by atoms with Gasteiger partial charge in [0.1, 0.15) is 5.69 Å². The fourth-order valence-electron chi connectivity index (χ4n) is 5.43. The molecule has 0 bridgehead atoms. The summed E-state index contributed by atoms with van der Waals surface area (Å²) in [5.41, 5.74) is 0.754. The number of carbonyl (C=O) groups is 1. The Kier molecular flexibility index (Phi) is 6.19. The average molecular weight is 566 g/mol. The fraction of sp³-hybridized carbons (Fsp3) is 0.214. The zero-order valence-electron chi connectivity index (χ0n) is 20.9. The summed E-state index contributed by atoms with van der Waals surface area (Å²) in [4.78, 5) is 22.0. The first kappa shape index (κ1) is 26.1. The molecule has 1 aliphatic carbocycles. The van der Waals surface area contributed by atoms with Crippen LogP contribution >= 0.6 is 0 Å². The topological polar surface area (TPSA) is 98.1 Å². The average Bonchev–Trinajstić information content (AvgIpc) is 3.38. The Labute approximate surface area is 227 Å². The molecule has 40 heavy (non-hydrogen) atoms. The van der Waals surface area contributed by atoms with Crippen LogP contribution in [-0.2, 0) is 22.6 Å². The van der Waals surface area contributed by atoms with Gasteiger partial charge in [-0.3, -0.25) is 14.8 Å². The van der Waals surface area contributed by atoms with Crippen LogP contribution in [0.4, 0.5) is 13.2 Å². The summed E-state index contributed by atoms with van der Waals surface area (Å²) >= 11 is 0. The number of benzene rings is 1. The minimum absolute atomic E-state index is 0.00196. The van der Waals surface area contributed by atoms with Crippen molar-refractivity contribution >= 4 is 21.9 Å². The van der Waals surface area contributed by atoms with E-state index in [1.54, 1.807) is 47.5 Å². The Morgan fingerprint density at radius 3 is 2.58 bits per heavy atom. The van der Waals surface area contributed by atoms with Gasteiger partial charge < -0.3 is 0 Å². The van der Waals surface area contributed by atoms with Crippen molar-refractivity contribution in [3.63, 3.8) is 0 Å². The molecule has 1 fully saturated rings. The van der Waals surface area contributed by atoms with E-state index in [4.69, 9.17) is 0 Å². The van der Waals surface area contributed by atoms with Gasteiger partial charge in [-0.1, -0.05) is 17.7 Å². The molecule has 12 heteroatoms. The van der Waals surface area contributed by atoms with Crippen molar-refractivity contribution < 1.29 is 26.4 Å². The highest BCUT2D eigenvalue weighted by Crippen LogP contribution is 2.47. The second kappa shape index (κ2) is 9.49. The third-order valence-electron chi connectivity index (χ3n) is 7.40. The molecule has 1 aromatic carbocycles. The molecular formula is C28H22F3N5O3S. The van der Waals surface area contributed by atoms with Crippen molar-refractivity contribution in [1.29, 1.82) is 0 Å². The van der Waals surface area contributed by atoms with Crippen molar-refractivity contribution in [2.75, 3.05) is 13.1 Å². The van der Waals surface area contributed by atoms with E-state index >= 15 is 0 Å². The second-order valence-corrected chi connectivity index (χ2v) is 11.7. The number of alkyl halides is 3. The Bertz CT molecular complexity index is 1740. The van der Waals surface area contributed by atoms with Gasteiger partial charge in [0.25, 0.3) is 0 Å². The van der Waals surface area contributed by atoms with Gasteiger partial charge in [-0.2, -0.15) is 22.6 Å². The zero-order chi connectivity index (χ0) is 28.1. The number of hydrogen-bond acceptors (Lipinski definition) is 6. The highest BCUT2D eigenvalue weighted by molar-refractivity contribution is 7.89. The van der Waals surface area contributed by atoms with Gasteiger partial charge >= 0.3 is 6.18 Å². The number of ketones is 1. The normalized spacial score (nSPS) is 19.4. The minimum atomic E-state index is -4.70. The standard InChI is InChI=1S/C28H22F3N5O3S/c29-28(30,31)21-5-3-7-23(13-21)40(38,39)35-12-9-20-14-25-19(16-34-36(25)22-6-4-10-32-17-22)15-27(20,18-35)26(37)24-8-1-2-11-33-24/h1-8,10-11,13-14,16-17H,9,12,15,18H2. The van der Waals surface area contributed by atoms with Gasteiger partial charge in [0, 0.05) is 25.5 Å². The summed E-state index contributed by atoms with van der Waals surface area (Å²) in [6.45, 7) is -0.248. The van der Waals surface area contributed by atoms with Crippen LogP contribution in [0, 0.1) is 5.41 Å². The molecule has 0 spiro atoms. The molecule has 0 radical (unpaired) electrons. The van der Waals surface area contributed by atoms with E-state index in [2.05, 4.69) is 15.1 Å². The third kappa shape index (κ3) is 4.33. The summed E-state index contributed by atoms with van der Waals surface area (Å²) in [5, 5.41) is 4.50. The van der Waals surface area contributed by atoms with Crippen molar-refractivity contribution in [3.8, 4) is 5.69 Å².